The minimum absolute atomic E-state index is 0.0788. The number of fused-ring (bicyclic) bond motifs is 1. The zero-order chi connectivity index (χ0) is 16.5. The summed E-state index contributed by atoms with van der Waals surface area (Å²) < 4.78 is 48.1. The Balaban J connectivity index is 2.38. The lowest BCUT2D eigenvalue weighted by Crippen LogP contribution is -2.08. The number of nitrogens with zero attached hydrogens (tertiary/aromatic N) is 1. The summed E-state index contributed by atoms with van der Waals surface area (Å²) in [6, 6.07) is 5.07. The van der Waals surface area contributed by atoms with E-state index in [1.165, 1.54) is 16.8 Å². The fourth-order valence-electron chi connectivity index (χ4n) is 2.01. The Hall–Kier alpha value is -0.820. The van der Waals surface area contributed by atoms with Gasteiger partial charge in [-0.1, -0.05) is 0 Å². The van der Waals surface area contributed by atoms with Crippen LogP contribution in [0, 0.1) is 0 Å². The first-order valence-electron chi connectivity index (χ1n) is 6.49. The van der Waals surface area contributed by atoms with E-state index in [4.69, 9.17) is 9.26 Å². The number of rotatable bonds is 6. The van der Waals surface area contributed by atoms with Gasteiger partial charge in [0, 0.05) is 24.3 Å². The average Bonchev–Trinajstić information content (AvgIpc) is 2.78. The smallest absolute Gasteiger partial charge is 0.236 e. The van der Waals surface area contributed by atoms with Gasteiger partial charge in [0.1, 0.15) is 5.75 Å². The van der Waals surface area contributed by atoms with Crippen molar-refractivity contribution in [1.82, 2.24) is 3.97 Å². The molecule has 1 unspecified atom stereocenters. The maximum Gasteiger partial charge on any atom is 0.236 e. The number of hydrogen-bond donors (Lipinski definition) is 0. The molecular formula is C13H17BrNO5PS. The maximum absolute atomic E-state index is 12.1. The van der Waals surface area contributed by atoms with Crippen molar-refractivity contribution in [3.05, 3.63) is 28.9 Å². The molecule has 122 valence electrons. The molecule has 0 aliphatic rings. The molecule has 1 aromatic carbocycles. The molecule has 1 heterocycles. The average molecular weight is 410 g/mol. The zero-order valence-electron chi connectivity index (χ0n) is 12.4. The van der Waals surface area contributed by atoms with Gasteiger partial charge < -0.3 is 9.26 Å². The molecule has 0 saturated heterocycles. The Kier molecular flexibility index (Phi) is 5.06. The van der Waals surface area contributed by atoms with Gasteiger partial charge in [-0.3, -0.25) is 4.57 Å². The zero-order valence-corrected chi connectivity index (χ0v) is 15.7. The molecule has 0 spiro atoms. The quantitative estimate of drug-likeness (QED) is 0.682. The van der Waals surface area contributed by atoms with Crippen molar-refractivity contribution in [2.45, 2.75) is 6.92 Å². The molecule has 2 aromatic rings. The van der Waals surface area contributed by atoms with Crippen LogP contribution in [0.5, 0.6) is 5.75 Å². The topological polar surface area (TPSA) is 74.6 Å². The van der Waals surface area contributed by atoms with Crippen molar-refractivity contribution in [2.75, 3.05) is 25.9 Å². The molecule has 1 atom stereocenters. The van der Waals surface area contributed by atoms with Crippen LogP contribution in [-0.2, 0) is 19.1 Å². The van der Waals surface area contributed by atoms with Crippen LogP contribution in [0.2, 0.25) is 0 Å². The molecule has 0 saturated carbocycles. The first-order chi connectivity index (χ1) is 10.1. The van der Waals surface area contributed by atoms with Crippen LogP contribution >= 0.6 is 23.3 Å². The highest BCUT2D eigenvalue weighted by atomic mass is 79.9. The second kappa shape index (κ2) is 6.35. The van der Waals surface area contributed by atoms with Crippen LogP contribution < -0.4 is 4.74 Å². The normalized spacial score (nSPS) is 14.9. The van der Waals surface area contributed by atoms with E-state index in [0.29, 0.717) is 22.3 Å². The lowest BCUT2D eigenvalue weighted by molar-refractivity contribution is 0.296. The minimum atomic E-state index is -3.40. The number of hydrogen-bond acceptors (Lipinski definition) is 5. The van der Waals surface area contributed by atoms with Gasteiger partial charge in [-0.25, -0.2) is 12.4 Å². The molecule has 2 rings (SSSR count). The Bertz CT molecular complexity index is 845. The predicted octanol–water partition coefficient (Wildman–Crippen LogP) is 3.49. The number of benzene rings is 1. The summed E-state index contributed by atoms with van der Waals surface area (Å²) in [6.45, 7) is 3.60. The Labute approximate surface area is 138 Å². The van der Waals surface area contributed by atoms with Gasteiger partial charge in [0.25, 0.3) is 0 Å². The third-order valence-corrected chi connectivity index (χ3v) is 5.98. The van der Waals surface area contributed by atoms with Crippen LogP contribution in [0.4, 0.5) is 0 Å². The second-order valence-corrected chi connectivity index (χ2v) is 10.2. The molecule has 1 aromatic heterocycles. The SMILES string of the molecule is CCOP(C)(=O)COc1cc2c(ccn2S(C)(=O)=O)cc1Br. The molecule has 6 nitrogen and oxygen atoms in total. The lowest BCUT2D eigenvalue weighted by Gasteiger charge is -2.15. The molecule has 0 fully saturated rings. The molecule has 0 amide bonds. The third-order valence-electron chi connectivity index (χ3n) is 2.92. The van der Waals surface area contributed by atoms with E-state index in [0.717, 1.165) is 11.6 Å². The molecule has 0 radical (unpaired) electrons. The monoisotopic (exact) mass is 409 g/mol. The van der Waals surface area contributed by atoms with Gasteiger partial charge in [-0.15, -0.1) is 0 Å². The van der Waals surface area contributed by atoms with E-state index in [2.05, 4.69) is 15.9 Å². The molecule has 22 heavy (non-hydrogen) atoms. The number of aromatic nitrogens is 1. The first kappa shape index (κ1) is 17.5. The summed E-state index contributed by atoms with van der Waals surface area (Å²) in [4.78, 5) is 0. The van der Waals surface area contributed by atoms with Gasteiger partial charge in [0.2, 0.25) is 17.4 Å². The fourth-order valence-corrected chi connectivity index (χ4v) is 4.27. The van der Waals surface area contributed by atoms with Gasteiger partial charge in [-0.2, -0.15) is 0 Å². The van der Waals surface area contributed by atoms with Gasteiger partial charge >= 0.3 is 0 Å². The van der Waals surface area contributed by atoms with Gasteiger partial charge in [0.05, 0.1) is 22.9 Å². The highest BCUT2D eigenvalue weighted by Gasteiger charge is 2.18. The molecule has 0 aliphatic heterocycles. The van der Waals surface area contributed by atoms with Crippen molar-refractivity contribution in [3.8, 4) is 5.75 Å². The molecule has 0 N–H and O–H groups in total. The van der Waals surface area contributed by atoms with E-state index in [1.54, 1.807) is 25.1 Å². The summed E-state index contributed by atoms with van der Waals surface area (Å²) in [7, 11) is -6.24. The Morgan fingerprint density at radius 3 is 2.64 bits per heavy atom. The molecule has 9 heteroatoms. The first-order valence-corrected chi connectivity index (χ1v) is 11.4. The lowest BCUT2D eigenvalue weighted by atomic mass is 10.2. The van der Waals surface area contributed by atoms with Crippen molar-refractivity contribution in [2.24, 2.45) is 0 Å². The second-order valence-electron chi connectivity index (χ2n) is 4.92. The third kappa shape index (κ3) is 3.93. The summed E-state index contributed by atoms with van der Waals surface area (Å²) in [6.07, 6.45) is 2.54. The van der Waals surface area contributed by atoms with Crippen LogP contribution in [-0.4, -0.2) is 38.3 Å². The molecule has 0 aliphatic carbocycles. The van der Waals surface area contributed by atoms with Crippen molar-refractivity contribution >= 4 is 44.2 Å². The number of halogens is 1. The predicted molar refractivity (Wildman–Crippen MR) is 90.5 cm³/mol. The fraction of sp³-hybridized carbons (Fsp3) is 0.385. The van der Waals surface area contributed by atoms with Gasteiger partial charge in [-0.05, 0) is 35.0 Å². The van der Waals surface area contributed by atoms with Crippen molar-refractivity contribution < 1.29 is 22.2 Å². The molecular weight excluding hydrogens is 393 g/mol. The number of ether oxygens (including phenoxy) is 1. The van der Waals surface area contributed by atoms with E-state index in [9.17, 15) is 13.0 Å². The Morgan fingerprint density at radius 1 is 1.36 bits per heavy atom. The van der Waals surface area contributed by atoms with Crippen LogP contribution in [0.1, 0.15) is 6.92 Å². The van der Waals surface area contributed by atoms with E-state index >= 15 is 0 Å². The van der Waals surface area contributed by atoms with Crippen molar-refractivity contribution in [3.63, 3.8) is 0 Å². The Morgan fingerprint density at radius 2 is 2.05 bits per heavy atom. The summed E-state index contributed by atoms with van der Waals surface area (Å²) in [5, 5.41) is 0.758. The standard InChI is InChI=1S/C13H17BrNO5PS/c1-4-20-21(2,16)9-19-13-8-12-10(7-11(13)14)5-6-15(12)22(3,17)18/h5-8H,4,9H2,1-3H3. The van der Waals surface area contributed by atoms with E-state index in [-0.39, 0.29) is 6.35 Å². The minimum Gasteiger partial charge on any atom is -0.482 e. The molecule has 0 bridgehead atoms. The largest absolute Gasteiger partial charge is 0.482 e. The van der Waals surface area contributed by atoms with E-state index < -0.39 is 17.4 Å². The van der Waals surface area contributed by atoms with E-state index in [1.807, 2.05) is 0 Å². The summed E-state index contributed by atoms with van der Waals surface area (Å²) in [5.74, 6) is 0.415. The summed E-state index contributed by atoms with van der Waals surface area (Å²) >= 11 is 3.37. The highest BCUT2D eigenvalue weighted by molar-refractivity contribution is 9.10. The van der Waals surface area contributed by atoms with Gasteiger partial charge in [0.15, 0.2) is 6.35 Å². The summed E-state index contributed by atoms with van der Waals surface area (Å²) in [5.41, 5.74) is 0.503. The van der Waals surface area contributed by atoms with Crippen LogP contribution in [0.3, 0.4) is 0 Å². The maximum atomic E-state index is 12.1. The van der Waals surface area contributed by atoms with Crippen molar-refractivity contribution in [1.29, 1.82) is 0 Å². The van der Waals surface area contributed by atoms with Crippen LogP contribution in [0.25, 0.3) is 10.9 Å². The van der Waals surface area contributed by atoms with Crippen LogP contribution in [0.15, 0.2) is 28.9 Å². The highest BCUT2D eigenvalue weighted by Crippen LogP contribution is 2.43.